The third-order valence-electron chi connectivity index (χ3n) is 10.1. The summed E-state index contributed by atoms with van der Waals surface area (Å²) in [4.78, 5) is 4.55. The largest absolute Gasteiger partial charge is 0.392 e. The maximum absolute atomic E-state index is 10.7. The van der Waals surface area contributed by atoms with Gasteiger partial charge in [-0.2, -0.15) is 0 Å². The molecule has 0 bridgehead atoms. The van der Waals surface area contributed by atoms with E-state index in [2.05, 4.69) is 76.9 Å². The average Bonchev–Trinajstić information content (AvgIpc) is 3.38. The van der Waals surface area contributed by atoms with Crippen LogP contribution in [0.2, 0.25) is 0 Å². The fraction of sp³-hybridized carbons (Fsp3) is 0.559. The Morgan fingerprint density at radius 3 is 1.95 bits per heavy atom. The second-order valence-electron chi connectivity index (χ2n) is 11.9. The van der Waals surface area contributed by atoms with E-state index < -0.39 is 0 Å². The van der Waals surface area contributed by atoms with Gasteiger partial charge in [-0.05, 0) is 89.3 Å². The second-order valence-corrected chi connectivity index (χ2v) is 11.9. The molecule has 4 heteroatoms. The summed E-state index contributed by atoms with van der Waals surface area (Å²) in [6, 6.07) is 19.9. The van der Waals surface area contributed by atoms with E-state index >= 15 is 0 Å². The van der Waals surface area contributed by atoms with Gasteiger partial charge in [0, 0.05) is 32.2 Å². The van der Waals surface area contributed by atoms with Crippen LogP contribution in [0, 0.1) is 28.7 Å². The van der Waals surface area contributed by atoms with Crippen molar-refractivity contribution in [2.24, 2.45) is 22.7 Å². The minimum Gasteiger partial charge on any atom is -0.392 e. The molecule has 2 N–H and O–H groups in total. The van der Waals surface area contributed by atoms with E-state index in [0.29, 0.717) is 11.8 Å². The Kier molecular flexibility index (Phi) is 10.4. The van der Waals surface area contributed by atoms with Crippen molar-refractivity contribution in [2.45, 2.75) is 98.2 Å². The van der Waals surface area contributed by atoms with Gasteiger partial charge in [0.15, 0.2) is 0 Å². The van der Waals surface area contributed by atoms with Gasteiger partial charge in [-0.15, -0.1) is 35.9 Å². The number of fused-ring (bicyclic) bond motifs is 2. The molecule has 0 amide bonds. The first kappa shape index (κ1) is 31.0. The van der Waals surface area contributed by atoms with Gasteiger partial charge in [0.2, 0.25) is 0 Å². The van der Waals surface area contributed by atoms with Crippen LogP contribution < -0.4 is 0 Å². The molecule has 0 saturated heterocycles. The maximum Gasteiger partial charge on any atom is 0.0651 e. The summed E-state index contributed by atoms with van der Waals surface area (Å²) in [5, 5.41) is 23.9. The number of pyridine rings is 1. The van der Waals surface area contributed by atoms with Crippen LogP contribution in [0.1, 0.15) is 91.5 Å². The number of hydrogen-bond donors (Lipinski definition) is 2. The zero-order valence-corrected chi connectivity index (χ0v) is 26.4. The first-order valence-corrected chi connectivity index (χ1v) is 14.5. The molecule has 2 unspecified atom stereocenters. The molecule has 1 aromatic heterocycles. The standard InChI is InChI=1S/C18H16N.C16H30O2.Ir/c1-13(2)15-8-9-16-11-18(19-12-17(16)10-15)14-6-4-3-5-7-14;1-5-15(6-2)9-11-10-16(7-3,8-4)14(18)12(11)13(15)17;/h3-6,8-13H,1-2H3;11-14,17-18H,5-10H2,1-4H3;/q-1;;. The molecule has 1 heterocycles. The van der Waals surface area contributed by atoms with Crippen molar-refractivity contribution in [1.29, 1.82) is 0 Å². The Morgan fingerprint density at radius 2 is 1.47 bits per heavy atom. The normalized spacial score (nSPS) is 25.0. The van der Waals surface area contributed by atoms with E-state index in [1.54, 1.807) is 0 Å². The predicted octanol–water partition coefficient (Wildman–Crippen LogP) is 8.18. The van der Waals surface area contributed by atoms with E-state index in [0.717, 1.165) is 49.8 Å². The molecule has 2 atom stereocenters. The second kappa shape index (κ2) is 12.7. The van der Waals surface area contributed by atoms with Gasteiger partial charge >= 0.3 is 0 Å². The van der Waals surface area contributed by atoms with Crippen LogP contribution in [-0.4, -0.2) is 27.4 Å². The van der Waals surface area contributed by atoms with E-state index in [9.17, 15) is 10.2 Å². The molecule has 2 aromatic carbocycles. The van der Waals surface area contributed by atoms with Crippen molar-refractivity contribution in [3.05, 3.63) is 66.4 Å². The minimum absolute atomic E-state index is 0. The summed E-state index contributed by atoms with van der Waals surface area (Å²) in [5.41, 5.74) is 3.52. The van der Waals surface area contributed by atoms with Crippen molar-refractivity contribution in [3.63, 3.8) is 0 Å². The Bertz CT molecular complexity index is 1140. The molecule has 0 aliphatic heterocycles. The zero-order valence-electron chi connectivity index (χ0n) is 24.0. The summed E-state index contributed by atoms with van der Waals surface area (Å²) < 4.78 is 0. The molecule has 0 spiro atoms. The summed E-state index contributed by atoms with van der Waals surface area (Å²) in [7, 11) is 0. The Labute approximate surface area is 243 Å². The van der Waals surface area contributed by atoms with Crippen LogP contribution in [0.5, 0.6) is 0 Å². The first-order chi connectivity index (χ1) is 17.7. The molecular weight excluding hydrogens is 647 g/mol. The van der Waals surface area contributed by atoms with Crippen LogP contribution in [-0.2, 0) is 20.1 Å². The molecule has 2 aliphatic rings. The van der Waals surface area contributed by atoms with Crippen LogP contribution in [0.15, 0.2) is 54.7 Å². The SMILES string of the molecule is CC(C)c1ccc2cc(-c3[c-]cccc3)ncc2c1.CCC1(CC)CC2CC(CC)(CC)C(O)C2C1O.[Ir]. The predicted molar refractivity (Wildman–Crippen MR) is 154 cm³/mol. The molecule has 2 fully saturated rings. The fourth-order valence-electron chi connectivity index (χ4n) is 7.27. The summed E-state index contributed by atoms with van der Waals surface area (Å²) >= 11 is 0. The number of rotatable bonds is 6. The van der Waals surface area contributed by atoms with Gasteiger partial charge < -0.3 is 15.2 Å². The van der Waals surface area contributed by atoms with Gasteiger partial charge in [0.1, 0.15) is 0 Å². The van der Waals surface area contributed by atoms with Crippen molar-refractivity contribution < 1.29 is 30.3 Å². The number of aliphatic hydroxyl groups excluding tert-OH is 2. The number of nitrogens with zero attached hydrogens (tertiary/aromatic N) is 1. The average molecular weight is 693 g/mol. The van der Waals surface area contributed by atoms with Gasteiger partial charge in [-0.25, -0.2) is 0 Å². The topological polar surface area (TPSA) is 53.4 Å². The Morgan fingerprint density at radius 1 is 0.868 bits per heavy atom. The first-order valence-electron chi connectivity index (χ1n) is 14.5. The summed E-state index contributed by atoms with van der Waals surface area (Å²) in [5.74, 6) is 1.21. The van der Waals surface area contributed by atoms with Crippen LogP contribution in [0.25, 0.3) is 22.0 Å². The van der Waals surface area contributed by atoms with E-state index in [1.807, 2.05) is 30.5 Å². The molecule has 2 aliphatic carbocycles. The molecule has 3 nitrogen and oxygen atoms in total. The molecule has 2 saturated carbocycles. The number of benzene rings is 2. The van der Waals surface area contributed by atoms with E-state index in [4.69, 9.17) is 0 Å². The van der Waals surface area contributed by atoms with E-state index in [-0.39, 0.29) is 49.1 Å². The maximum atomic E-state index is 10.7. The quantitative estimate of drug-likeness (QED) is 0.256. The summed E-state index contributed by atoms with van der Waals surface area (Å²) in [6.45, 7) is 13.2. The Hall–Kier alpha value is -1.58. The third kappa shape index (κ3) is 5.66. The molecule has 38 heavy (non-hydrogen) atoms. The van der Waals surface area contributed by atoms with Gasteiger partial charge in [0.25, 0.3) is 0 Å². The van der Waals surface area contributed by atoms with Crippen molar-refractivity contribution in [2.75, 3.05) is 0 Å². The Balaban J connectivity index is 0.000000206. The van der Waals surface area contributed by atoms with Crippen LogP contribution >= 0.6 is 0 Å². The van der Waals surface area contributed by atoms with Crippen LogP contribution in [0.4, 0.5) is 0 Å². The smallest absolute Gasteiger partial charge is 0.0651 e. The number of aliphatic hydroxyl groups is 2. The van der Waals surface area contributed by atoms with Crippen molar-refractivity contribution in [3.8, 4) is 11.3 Å². The zero-order chi connectivity index (χ0) is 26.8. The number of hydrogen-bond acceptors (Lipinski definition) is 3. The monoisotopic (exact) mass is 693 g/mol. The molecule has 3 aromatic rings. The molecule has 5 rings (SSSR count). The van der Waals surface area contributed by atoms with Gasteiger partial charge in [-0.1, -0.05) is 59.7 Å². The van der Waals surface area contributed by atoms with E-state index in [1.165, 1.54) is 16.3 Å². The third-order valence-corrected chi connectivity index (χ3v) is 10.1. The molecular formula is C34H46IrNO2-. The summed E-state index contributed by atoms with van der Waals surface area (Å²) in [6.07, 6.45) is 7.74. The molecule has 1 radical (unpaired) electrons. The fourth-order valence-corrected chi connectivity index (χ4v) is 7.27. The van der Waals surface area contributed by atoms with Crippen molar-refractivity contribution >= 4 is 10.8 Å². The molecule has 209 valence electrons. The van der Waals surface area contributed by atoms with Gasteiger partial charge in [0.05, 0.1) is 12.2 Å². The minimum atomic E-state index is -0.299. The van der Waals surface area contributed by atoms with Crippen molar-refractivity contribution in [1.82, 2.24) is 4.98 Å². The van der Waals surface area contributed by atoms with Gasteiger partial charge in [-0.3, -0.25) is 0 Å². The number of aromatic nitrogens is 1. The van der Waals surface area contributed by atoms with Crippen LogP contribution in [0.3, 0.4) is 0 Å².